The van der Waals surface area contributed by atoms with Crippen LogP contribution in [0.25, 0.3) is 0 Å². The van der Waals surface area contributed by atoms with Crippen LogP contribution in [0, 0.1) is 11.3 Å². The van der Waals surface area contributed by atoms with Crippen LogP contribution in [0.15, 0.2) is 29.4 Å². The Morgan fingerprint density at radius 3 is 3.00 bits per heavy atom. The summed E-state index contributed by atoms with van der Waals surface area (Å²) < 4.78 is 4.80. The Morgan fingerprint density at radius 2 is 2.39 bits per heavy atom. The minimum Gasteiger partial charge on any atom is -0.460 e. The molecule has 6 heteroatoms. The summed E-state index contributed by atoms with van der Waals surface area (Å²) in [4.78, 5) is 11.4. The van der Waals surface area contributed by atoms with Crippen molar-refractivity contribution in [2.75, 3.05) is 12.0 Å². The maximum atomic E-state index is 11.4. The van der Waals surface area contributed by atoms with Crippen molar-refractivity contribution < 1.29 is 9.53 Å². The number of nitriles is 1. The highest BCUT2D eigenvalue weighted by Crippen LogP contribution is 2.14. The number of hydrazone groups is 1. The van der Waals surface area contributed by atoms with Crippen molar-refractivity contribution in [3.05, 3.63) is 29.3 Å². The van der Waals surface area contributed by atoms with Crippen LogP contribution in [0.2, 0.25) is 5.02 Å². The van der Waals surface area contributed by atoms with E-state index >= 15 is 0 Å². The molecule has 0 unspecified atom stereocenters. The predicted octanol–water partition coefficient (Wildman–Crippen LogP) is 2.58. The maximum Gasteiger partial charge on any atom is 0.369 e. The van der Waals surface area contributed by atoms with Gasteiger partial charge in [-0.15, -0.1) is 0 Å². The molecule has 5 nitrogen and oxygen atoms in total. The summed E-state index contributed by atoms with van der Waals surface area (Å²) in [6.07, 6.45) is 0.687. The van der Waals surface area contributed by atoms with E-state index in [-0.39, 0.29) is 12.3 Å². The number of hydrogen-bond donors (Lipinski definition) is 1. The van der Waals surface area contributed by atoms with Crippen LogP contribution in [0.3, 0.4) is 0 Å². The summed E-state index contributed by atoms with van der Waals surface area (Å²) in [5.41, 5.74) is 2.83. The zero-order chi connectivity index (χ0) is 13.4. The topological polar surface area (TPSA) is 74.5 Å². The van der Waals surface area contributed by atoms with E-state index in [1.165, 1.54) is 0 Å². The van der Waals surface area contributed by atoms with Gasteiger partial charge in [-0.05, 0) is 24.6 Å². The van der Waals surface area contributed by atoms with Gasteiger partial charge in [-0.25, -0.2) is 4.79 Å². The summed E-state index contributed by atoms with van der Waals surface area (Å²) in [5.74, 6) is -0.742. The van der Waals surface area contributed by atoms with E-state index in [4.69, 9.17) is 21.6 Å². The molecule has 0 fully saturated rings. The van der Waals surface area contributed by atoms with E-state index in [1.54, 1.807) is 30.3 Å². The molecule has 0 radical (unpaired) electrons. The highest BCUT2D eigenvalue weighted by Gasteiger charge is 2.12. The van der Waals surface area contributed by atoms with E-state index in [0.29, 0.717) is 17.1 Å². The third kappa shape index (κ3) is 4.44. The number of hydrogen-bond acceptors (Lipinski definition) is 5. The SMILES string of the molecule is CCCOC(=O)/C(C#N)=N\Nc1cccc(Cl)c1. The second kappa shape index (κ2) is 7.30. The Kier molecular flexibility index (Phi) is 5.68. The molecule has 0 saturated heterocycles. The molecule has 1 aromatic carbocycles. The monoisotopic (exact) mass is 265 g/mol. The lowest BCUT2D eigenvalue weighted by Gasteiger charge is -2.02. The van der Waals surface area contributed by atoms with Crippen molar-refractivity contribution in [3.8, 4) is 6.07 Å². The molecular weight excluding hydrogens is 254 g/mol. The molecular formula is C12H12ClN3O2. The van der Waals surface area contributed by atoms with E-state index in [2.05, 4.69) is 10.5 Å². The molecule has 0 bridgehead atoms. The Labute approximate surface area is 110 Å². The second-order valence-corrected chi connectivity index (χ2v) is 3.77. The Hall–Kier alpha value is -2.06. The van der Waals surface area contributed by atoms with Gasteiger partial charge in [0.15, 0.2) is 0 Å². The van der Waals surface area contributed by atoms with E-state index < -0.39 is 5.97 Å². The van der Waals surface area contributed by atoms with Gasteiger partial charge in [-0.1, -0.05) is 24.6 Å². The highest BCUT2D eigenvalue weighted by molar-refractivity contribution is 6.43. The van der Waals surface area contributed by atoms with Crippen molar-refractivity contribution in [2.45, 2.75) is 13.3 Å². The highest BCUT2D eigenvalue weighted by atomic mass is 35.5. The zero-order valence-electron chi connectivity index (χ0n) is 9.81. The lowest BCUT2D eigenvalue weighted by atomic mass is 10.3. The molecule has 0 spiro atoms. The van der Waals surface area contributed by atoms with Gasteiger partial charge in [0, 0.05) is 5.02 Å². The van der Waals surface area contributed by atoms with Crippen LogP contribution < -0.4 is 5.43 Å². The van der Waals surface area contributed by atoms with Gasteiger partial charge in [0.1, 0.15) is 6.07 Å². The number of nitrogens with zero attached hydrogens (tertiary/aromatic N) is 2. The summed E-state index contributed by atoms with van der Waals surface area (Å²) in [6.45, 7) is 2.12. The first-order chi connectivity index (χ1) is 8.67. The molecule has 94 valence electrons. The molecule has 1 N–H and O–H groups in total. The van der Waals surface area contributed by atoms with E-state index in [0.717, 1.165) is 0 Å². The Bertz CT molecular complexity index is 494. The fraction of sp³-hybridized carbons (Fsp3) is 0.250. The van der Waals surface area contributed by atoms with Crippen molar-refractivity contribution in [2.24, 2.45) is 5.10 Å². The van der Waals surface area contributed by atoms with Crippen LogP contribution in [-0.2, 0) is 9.53 Å². The second-order valence-electron chi connectivity index (χ2n) is 3.33. The first-order valence-electron chi connectivity index (χ1n) is 5.34. The molecule has 0 aromatic heterocycles. The maximum absolute atomic E-state index is 11.4. The van der Waals surface area contributed by atoms with Gasteiger partial charge in [-0.2, -0.15) is 10.4 Å². The summed E-state index contributed by atoms with van der Waals surface area (Å²) >= 11 is 5.78. The van der Waals surface area contributed by atoms with Gasteiger partial charge in [0.05, 0.1) is 12.3 Å². The molecule has 1 aromatic rings. The van der Waals surface area contributed by atoms with Crippen LogP contribution in [0.4, 0.5) is 5.69 Å². The number of carbonyl (C=O) groups excluding carboxylic acids is 1. The number of rotatable bonds is 5. The number of benzene rings is 1. The summed E-state index contributed by atoms with van der Waals surface area (Å²) in [7, 11) is 0. The first kappa shape index (κ1) is 14.0. The molecule has 0 atom stereocenters. The zero-order valence-corrected chi connectivity index (χ0v) is 10.6. The van der Waals surface area contributed by atoms with Crippen molar-refractivity contribution in [1.29, 1.82) is 5.26 Å². The molecule has 0 saturated carbocycles. The van der Waals surface area contributed by atoms with Crippen molar-refractivity contribution in [3.63, 3.8) is 0 Å². The predicted molar refractivity (Wildman–Crippen MR) is 69.4 cm³/mol. The lowest BCUT2D eigenvalue weighted by Crippen LogP contribution is -2.17. The molecule has 1 rings (SSSR count). The fourth-order valence-electron chi connectivity index (χ4n) is 1.06. The number of carbonyl (C=O) groups is 1. The summed E-state index contributed by atoms with van der Waals surface area (Å²) in [5, 5.41) is 13.0. The normalized spacial score (nSPS) is 10.6. The van der Waals surface area contributed by atoms with Gasteiger partial charge in [0.2, 0.25) is 5.71 Å². The van der Waals surface area contributed by atoms with Crippen molar-refractivity contribution >= 4 is 29.0 Å². The van der Waals surface area contributed by atoms with Crippen LogP contribution >= 0.6 is 11.6 Å². The smallest absolute Gasteiger partial charge is 0.369 e. The molecule has 18 heavy (non-hydrogen) atoms. The number of halogens is 1. The largest absolute Gasteiger partial charge is 0.460 e. The summed E-state index contributed by atoms with van der Waals surface area (Å²) in [6, 6.07) is 8.44. The minimum atomic E-state index is -0.742. The van der Waals surface area contributed by atoms with Gasteiger partial charge in [0.25, 0.3) is 0 Å². The van der Waals surface area contributed by atoms with Gasteiger partial charge >= 0.3 is 5.97 Å². The Morgan fingerprint density at radius 1 is 1.61 bits per heavy atom. The standard InChI is InChI=1S/C12H12ClN3O2/c1-2-6-18-12(17)11(8-14)16-15-10-5-3-4-9(13)7-10/h3-5,7,15H,2,6H2,1H3/b16-11-. The lowest BCUT2D eigenvalue weighted by molar-refractivity contribution is -0.135. The molecule has 0 aliphatic rings. The van der Waals surface area contributed by atoms with Crippen LogP contribution in [0.1, 0.15) is 13.3 Å². The molecule has 0 heterocycles. The van der Waals surface area contributed by atoms with Crippen molar-refractivity contribution in [1.82, 2.24) is 0 Å². The number of nitrogens with one attached hydrogen (secondary N) is 1. The van der Waals surface area contributed by atoms with E-state index in [9.17, 15) is 4.79 Å². The third-order valence-electron chi connectivity index (χ3n) is 1.86. The minimum absolute atomic E-state index is 0.261. The molecule has 0 amide bonds. The average Bonchev–Trinajstić information content (AvgIpc) is 2.37. The fourth-order valence-corrected chi connectivity index (χ4v) is 1.25. The molecule has 0 aliphatic carbocycles. The quantitative estimate of drug-likeness (QED) is 0.504. The van der Waals surface area contributed by atoms with E-state index in [1.807, 2.05) is 6.92 Å². The average molecular weight is 266 g/mol. The number of anilines is 1. The molecule has 0 aliphatic heterocycles. The van der Waals surface area contributed by atoms with Crippen LogP contribution in [-0.4, -0.2) is 18.3 Å². The number of ether oxygens (including phenoxy) is 1. The third-order valence-corrected chi connectivity index (χ3v) is 2.09. The Balaban J connectivity index is 2.69. The first-order valence-corrected chi connectivity index (χ1v) is 5.71. The van der Waals surface area contributed by atoms with Gasteiger partial charge < -0.3 is 4.74 Å². The van der Waals surface area contributed by atoms with Gasteiger partial charge in [-0.3, -0.25) is 5.43 Å². The van der Waals surface area contributed by atoms with Crippen LogP contribution in [0.5, 0.6) is 0 Å². The number of esters is 1.